The zero-order chi connectivity index (χ0) is 26.9. The maximum atomic E-state index is 12.5. The van der Waals surface area contributed by atoms with Crippen LogP contribution in [0.1, 0.15) is 48.2 Å². The van der Waals surface area contributed by atoms with Crippen molar-refractivity contribution in [3.63, 3.8) is 0 Å². The molecule has 8 heteroatoms. The van der Waals surface area contributed by atoms with Gasteiger partial charge in [-0.3, -0.25) is 4.79 Å². The summed E-state index contributed by atoms with van der Waals surface area (Å²) in [5.41, 5.74) is 5.49. The molecule has 0 unspecified atom stereocenters. The molecule has 1 aromatic heterocycles. The van der Waals surface area contributed by atoms with Crippen molar-refractivity contribution in [3.8, 4) is 11.1 Å². The van der Waals surface area contributed by atoms with E-state index in [1.54, 1.807) is 45.2 Å². The first-order valence-electron chi connectivity index (χ1n) is 12.4. The summed E-state index contributed by atoms with van der Waals surface area (Å²) in [7, 11) is 0. The fraction of sp³-hybridized carbons (Fsp3) is 0.233. The number of carbonyl (C=O) groups is 3. The number of benzene rings is 3. The third-order valence-corrected chi connectivity index (χ3v) is 6.32. The van der Waals surface area contributed by atoms with Crippen LogP contribution in [0.2, 0.25) is 0 Å². The number of esters is 1. The highest BCUT2D eigenvalue weighted by Crippen LogP contribution is 2.44. The fourth-order valence-electron chi connectivity index (χ4n) is 4.71. The zero-order valence-corrected chi connectivity index (χ0v) is 21.5. The van der Waals surface area contributed by atoms with Crippen molar-refractivity contribution in [1.82, 2.24) is 10.3 Å². The van der Waals surface area contributed by atoms with Gasteiger partial charge in [-0.05, 0) is 61.2 Å². The summed E-state index contributed by atoms with van der Waals surface area (Å²) >= 11 is 0. The molecule has 1 heterocycles. The van der Waals surface area contributed by atoms with Gasteiger partial charge in [-0.1, -0.05) is 48.5 Å². The first-order chi connectivity index (χ1) is 18.2. The predicted octanol–water partition coefficient (Wildman–Crippen LogP) is 5.60. The van der Waals surface area contributed by atoms with E-state index >= 15 is 0 Å². The minimum Gasteiger partial charge on any atom is -0.456 e. The van der Waals surface area contributed by atoms with Crippen LogP contribution in [0.3, 0.4) is 0 Å². The van der Waals surface area contributed by atoms with Crippen LogP contribution in [-0.4, -0.2) is 41.7 Å². The molecule has 38 heavy (non-hydrogen) atoms. The summed E-state index contributed by atoms with van der Waals surface area (Å²) in [6.07, 6.45) is 0.915. The minimum atomic E-state index is -0.671. The molecule has 8 nitrogen and oxygen atoms in total. The molecule has 0 radical (unpaired) electrons. The van der Waals surface area contributed by atoms with Crippen LogP contribution in [0.25, 0.3) is 22.0 Å². The van der Waals surface area contributed by atoms with Crippen molar-refractivity contribution in [2.24, 2.45) is 0 Å². The van der Waals surface area contributed by atoms with Crippen molar-refractivity contribution in [1.29, 1.82) is 0 Å². The van der Waals surface area contributed by atoms with Crippen LogP contribution < -0.4 is 10.6 Å². The first-order valence-corrected chi connectivity index (χ1v) is 12.4. The van der Waals surface area contributed by atoms with E-state index in [0.29, 0.717) is 16.6 Å². The van der Waals surface area contributed by atoms with Gasteiger partial charge in [-0.15, -0.1) is 0 Å². The van der Waals surface area contributed by atoms with Gasteiger partial charge in [-0.25, -0.2) is 9.59 Å². The lowest BCUT2D eigenvalue weighted by Gasteiger charge is -2.19. The summed E-state index contributed by atoms with van der Waals surface area (Å²) in [4.78, 5) is 40.5. The Balaban J connectivity index is 1.17. The maximum absolute atomic E-state index is 12.5. The molecule has 5 rings (SSSR count). The van der Waals surface area contributed by atoms with E-state index in [4.69, 9.17) is 9.47 Å². The van der Waals surface area contributed by atoms with Gasteiger partial charge >= 0.3 is 12.1 Å². The van der Waals surface area contributed by atoms with Crippen LogP contribution in [0.4, 0.5) is 10.5 Å². The fourth-order valence-corrected chi connectivity index (χ4v) is 4.71. The lowest BCUT2D eigenvalue weighted by Crippen LogP contribution is -2.33. The number of alkyl carbamates (subject to hydrolysis) is 1. The predicted molar refractivity (Wildman–Crippen MR) is 145 cm³/mol. The van der Waals surface area contributed by atoms with Gasteiger partial charge in [0.1, 0.15) is 18.8 Å². The van der Waals surface area contributed by atoms with Crippen LogP contribution in [0, 0.1) is 0 Å². The molecule has 194 valence electrons. The number of hydrogen-bond acceptors (Lipinski definition) is 5. The van der Waals surface area contributed by atoms with Gasteiger partial charge in [0.2, 0.25) is 5.91 Å². The van der Waals surface area contributed by atoms with E-state index in [-0.39, 0.29) is 19.1 Å². The summed E-state index contributed by atoms with van der Waals surface area (Å²) in [5, 5.41) is 5.88. The SMILES string of the molecule is CC(C)(C)OC(=O)c1c[nH]c2ccc(NC(=O)CNC(=O)OCC3c4ccccc4-c4ccccc43)cc12. The Labute approximate surface area is 220 Å². The molecule has 0 spiro atoms. The maximum Gasteiger partial charge on any atom is 0.407 e. The van der Waals surface area contributed by atoms with Crippen molar-refractivity contribution >= 4 is 34.6 Å². The Hall–Kier alpha value is -4.59. The highest BCUT2D eigenvalue weighted by Gasteiger charge is 2.29. The van der Waals surface area contributed by atoms with Crippen molar-refractivity contribution < 1.29 is 23.9 Å². The molecule has 2 amide bonds. The van der Waals surface area contributed by atoms with E-state index in [2.05, 4.69) is 27.8 Å². The molecule has 3 N–H and O–H groups in total. The Bertz CT molecular complexity index is 1490. The molecule has 1 aliphatic carbocycles. The number of carbonyl (C=O) groups excluding carboxylic acids is 3. The molecule has 0 saturated carbocycles. The van der Waals surface area contributed by atoms with Crippen molar-refractivity contribution in [2.45, 2.75) is 32.3 Å². The summed E-state index contributed by atoms with van der Waals surface area (Å²) in [6, 6.07) is 21.3. The summed E-state index contributed by atoms with van der Waals surface area (Å²) in [6.45, 7) is 5.30. The summed E-state index contributed by atoms with van der Waals surface area (Å²) < 4.78 is 11.0. The molecule has 0 saturated heterocycles. The Morgan fingerprint density at radius 2 is 1.58 bits per heavy atom. The van der Waals surface area contributed by atoms with E-state index in [9.17, 15) is 14.4 Å². The number of aromatic nitrogens is 1. The highest BCUT2D eigenvalue weighted by atomic mass is 16.6. The molecule has 1 aliphatic rings. The molecule has 4 aromatic rings. The lowest BCUT2D eigenvalue weighted by atomic mass is 9.98. The van der Waals surface area contributed by atoms with Gasteiger partial charge in [-0.2, -0.15) is 0 Å². The monoisotopic (exact) mass is 511 g/mol. The number of aromatic amines is 1. The zero-order valence-electron chi connectivity index (χ0n) is 21.5. The molecule has 0 aliphatic heterocycles. The van der Waals surface area contributed by atoms with E-state index < -0.39 is 23.6 Å². The largest absolute Gasteiger partial charge is 0.456 e. The smallest absolute Gasteiger partial charge is 0.407 e. The first kappa shape index (κ1) is 25.1. The Kier molecular flexibility index (Phi) is 6.63. The third kappa shape index (κ3) is 5.25. The van der Waals surface area contributed by atoms with E-state index in [1.807, 2.05) is 36.4 Å². The van der Waals surface area contributed by atoms with E-state index in [1.165, 1.54) is 0 Å². The van der Waals surface area contributed by atoms with Gasteiger partial charge in [0.15, 0.2) is 0 Å². The number of rotatable bonds is 6. The van der Waals surface area contributed by atoms with Crippen LogP contribution in [0.15, 0.2) is 72.9 Å². The van der Waals surface area contributed by atoms with Gasteiger partial charge < -0.3 is 25.1 Å². The second-order valence-corrected chi connectivity index (χ2v) is 10.2. The Morgan fingerprint density at radius 3 is 2.24 bits per heavy atom. The number of anilines is 1. The van der Waals surface area contributed by atoms with Crippen molar-refractivity contribution in [2.75, 3.05) is 18.5 Å². The molecule has 3 aromatic carbocycles. The molecule has 0 atom stereocenters. The number of H-pyrrole nitrogens is 1. The average Bonchev–Trinajstić information content (AvgIpc) is 3.44. The van der Waals surface area contributed by atoms with Gasteiger partial charge in [0, 0.05) is 28.7 Å². The number of hydrogen-bond donors (Lipinski definition) is 3. The molecular formula is C30H29N3O5. The summed E-state index contributed by atoms with van der Waals surface area (Å²) in [5.74, 6) is -0.939. The van der Waals surface area contributed by atoms with Crippen molar-refractivity contribution in [3.05, 3.63) is 89.6 Å². The van der Waals surface area contributed by atoms with Crippen LogP contribution in [-0.2, 0) is 14.3 Å². The molecular weight excluding hydrogens is 482 g/mol. The topological polar surface area (TPSA) is 110 Å². The highest BCUT2D eigenvalue weighted by molar-refractivity contribution is 6.06. The minimum absolute atomic E-state index is 0.0609. The number of ether oxygens (including phenoxy) is 2. The third-order valence-electron chi connectivity index (χ3n) is 6.32. The van der Waals surface area contributed by atoms with Gasteiger partial charge in [0.05, 0.1) is 5.56 Å². The van der Waals surface area contributed by atoms with Crippen LogP contribution in [0.5, 0.6) is 0 Å². The van der Waals surface area contributed by atoms with E-state index in [0.717, 1.165) is 27.8 Å². The van der Waals surface area contributed by atoms with Gasteiger partial charge in [0.25, 0.3) is 0 Å². The number of fused-ring (bicyclic) bond motifs is 4. The quantitative estimate of drug-likeness (QED) is 0.292. The molecule has 0 fully saturated rings. The lowest BCUT2D eigenvalue weighted by molar-refractivity contribution is -0.115. The molecule has 0 bridgehead atoms. The Morgan fingerprint density at radius 1 is 0.921 bits per heavy atom. The second kappa shape index (κ2) is 10.0. The van der Waals surface area contributed by atoms with Crippen LogP contribution >= 0.6 is 0 Å². The normalized spacial score (nSPS) is 12.5. The number of nitrogens with one attached hydrogen (secondary N) is 3. The standard InChI is InChI=1S/C30H29N3O5/c1-30(2,3)38-28(35)24-15-31-26-13-12-18(14-23(24)26)33-27(34)16-32-29(36)37-17-25-21-10-6-4-8-19(21)20-9-5-7-11-22(20)25/h4-15,25,31H,16-17H2,1-3H3,(H,32,36)(H,33,34). The second-order valence-electron chi connectivity index (χ2n) is 10.2. The average molecular weight is 512 g/mol. The number of amides is 2.